The number of halogens is 2. The zero-order valence-corrected chi connectivity index (χ0v) is 9.21. The second-order valence-electron chi connectivity index (χ2n) is 3.53. The summed E-state index contributed by atoms with van der Waals surface area (Å²) in [6.45, 7) is 0. The molecule has 0 fully saturated rings. The number of nitrogens with two attached hydrogens (primary N) is 1. The molecule has 0 aliphatic rings. The lowest BCUT2D eigenvalue weighted by atomic mass is 10.1. The second kappa shape index (κ2) is 4.63. The van der Waals surface area contributed by atoms with Crippen molar-refractivity contribution >= 4 is 11.6 Å². The Morgan fingerprint density at radius 2 is 2.31 bits per heavy atom. The van der Waals surface area contributed by atoms with Crippen LogP contribution >= 0.6 is 11.6 Å². The van der Waals surface area contributed by atoms with Crippen molar-refractivity contribution < 1.29 is 4.39 Å². The molecule has 0 bridgehead atoms. The number of rotatable bonds is 3. The second-order valence-corrected chi connectivity index (χ2v) is 3.94. The molecule has 3 N–H and O–H groups in total. The number of benzene rings is 1. The first kappa shape index (κ1) is 11.1. The van der Waals surface area contributed by atoms with Gasteiger partial charge in [0, 0.05) is 12.4 Å². The van der Waals surface area contributed by atoms with Gasteiger partial charge in [-0.25, -0.2) is 9.37 Å². The number of hydrogen-bond acceptors (Lipinski definition) is 2. The number of H-pyrrole nitrogens is 1. The normalized spacial score (nSPS) is 12.7. The van der Waals surface area contributed by atoms with Crippen molar-refractivity contribution in [2.75, 3.05) is 0 Å². The van der Waals surface area contributed by atoms with Gasteiger partial charge in [-0.05, 0) is 24.1 Å². The largest absolute Gasteiger partial charge is 0.347 e. The third kappa shape index (κ3) is 2.40. The zero-order chi connectivity index (χ0) is 11.5. The topological polar surface area (TPSA) is 54.7 Å². The smallest absolute Gasteiger partial charge is 0.141 e. The fraction of sp³-hybridized carbons (Fsp3) is 0.182. The van der Waals surface area contributed by atoms with Crippen LogP contribution in [0.3, 0.4) is 0 Å². The number of nitrogens with zero attached hydrogens (tertiary/aromatic N) is 1. The minimum absolute atomic E-state index is 0.115. The number of aromatic nitrogens is 2. The van der Waals surface area contributed by atoms with Crippen molar-refractivity contribution in [1.29, 1.82) is 0 Å². The summed E-state index contributed by atoms with van der Waals surface area (Å²) in [4.78, 5) is 7.00. The Hall–Kier alpha value is -1.39. The number of aromatic amines is 1. The first-order valence-corrected chi connectivity index (χ1v) is 5.23. The van der Waals surface area contributed by atoms with Gasteiger partial charge in [0.25, 0.3) is 0 Å². The average molecular weight is 240 g/mol. The van der Waals surface area contributed by atoms with Crippen LogP contribution in [-0.2, 0) is 6.42 Å². The van der Waals surface area contributed by atoms with Crippen LogP contribution in [0.25, 0.3) is 0 Å². The Morgan fingerprint density at radius 1 is 1.50 bits per heavy atom. The van der Waals surface area contributed by atoms with E-state index in [2.05, 4.69) is 9.97 Å². The Labute approximate surface area is 97.5 Å². The van der Waals surface area contributed by atoms with Gasteiger partial charge in [0.15, 0.2) is 0 Å². The van der Waals surface area contributed by atoms with Crippen LogP contribution in [0.15, 0.2) is 30.6 Å². The molecule has 0 saturated heterocycles. The van der Waals surface area contributed by atoms with Crippen LogP contribution in [0, 0.1) is 5.82 Å². The van der Waals surface area contributed by atoms with Gasteiger partial charge in [-0.1, -0.05) is 17.7 Å². The highest BCUT2D eigenvalue weighted by Gasteiger charge is 2.10. The number of nitrogens with one attached hydrogen (secondary N) is 1. The molecule has 84 valence electrons. The molecule has 1 atom stereocenters. The van der Waals surface area contributed by atoms with Crippen molar-refractivity contribution in [3.05, 3.63) is 52.8 Å². The van der Waals surface area contributed by atoms with Crippen molar-refractivity contribution in [3.63, 3.8) is 0 Å². The Bertz CT molecular complexity index is 470. The maximum atomic E-state index is 12.9. The molecule has 0 saturated carbocycles. The summed E-state index contributed by atoms with van der Waals surface area (Å²) >= 11 is 5.68. The molecule has 0 spiro atoms. The molecule has 16 heavy (non-hydrogen) atoms. The Kier molecular flexibility index (Phi) is 3.22. The number of imidazole rings is 1. The molecule has 1 aromatic carbocycles. The molecule has 0 radical (unpaired) electrons. The van der Waals surface area contributed by atoms with Gasteiger partial charge in [0.1, 0.15) is 11.6 Å². The summed E-state index contributed by atoms with van der Waals surface area (Å²) in [6.07, 6.45) is 3.92. The van der Waals surface area contributed by atoms with E-state index in [1.807, 2.05) is 0 Å². The van der Waals surface area contributed by atoms with Gasteiger partial charge in [-0.3, -0.25) is 0 Å². The molecule has 2 rings (SSSR count). The first-order chi connectivity index (χ1) is 7.66. The molecule has 0 aliphatic carbocycles. The summed E-state index contributed by atoms with van der Waals surface area (Å²) in [5, 5.41) is 0.115. The molecule has 5 heteroatoms. The zero-order valence-electron chi connectivity index (χ0n) is 8.45. The highest BCUT2D eigenvalue weighted by Crippen LogP contribution is 2.19. The van der Waals surface area contributed by atoms with Crippen molar-refractivity contribution in [3.8, 4) is 0 Å². The SMILES string of the molecule is NC(Cc1ccc(F)c(Cl)c1)c1ncc[nH]1. The Balaban J connectivity index is 2.12. The van der Waals surface area contributed by atoms with Crippen molar-refractivity contribution in [1.82, 2.24) is 9.97 Å². The predicted octanol–water partition coefficient (Wildman–Crippen LogP) is 2.44. The third-order valence-electron chi connectivity index (χ3n) is 2.31. The van der Waals surface area contributed by atoms with Crippen molar-refractivity contribution in [2.45, 2.75) is 12.5 Å². The highest BCUT2D eigenvalue weighted by atomic mass is 35.5. The van der Waals surface area contributed by atoms with E-state index in [0.29, 0.717) is 12.2 Å². The fourth-order valence-corrected chi connectivity index (χ4v) is 1.70. The van der Waals surface area contributed by atoms with E-state index < -0.39 is 5.82 Å². The molecule has 0 aliphatic heterocycles. The lowest BCUT2D eigenvalue weighted by molar-refractivity contribution is 0.625. The first-order valence-electron chi connectivity index (χ1n) is 4.85. The van der Waals surface area contributed by atoms with Crippen LogP contribution < -0.4 is 5.73 Å². The fourth-order valence-electron chi connectivity index (χ4n) is 1.50. The lowest BCUT2D eigenvalue weighted by Gasteiger charge is -2.09. The van der Waals surface area contributed by atoms with Gasteiger partial charge in [-0.2, -0.15) is 0 Å². The molecule has 1 aromatic heterocycles. The van der Waals surface area contributed by atoms with E-state index in [1.165, 1.54) is 6.07 Å². The molecule has 2 aromatic rings. The third-order valence-corrected chi connectivity index (χ3v) is 2.60. The van der Waals surface area contributed by atoms with Crippen LogP contribution in [-0.4, -0.2) is 9.97 Å². The molecular weight excluding hydrogens is 229 g/mol. The van der Waals surface area contributed by atoms with Crippen LogP contribution in [0.1, 0.15) is 17.4 Å². The average Bonchev–Trinajstić information content (AvgIpc) is 2.77. The number of hydrogen-bond donors (Lipinski definition) is 2. The molecule has 0 amide bonds. The summed E-state index contributed by atoms with van der Waals surface area (Å²) in [7, 11) is 0. The minimum Gasteiger partial charge on any atom is -0.347 e. The minimum atomic E-state index is -0.419. The molecular formula is C11H11ClFN3. The molecule has 1 unspecified atom stereocenters. The van der Waals surface area contributed by atoms with Gasteiger partial charge >= 0.3 is 0 Å². The summed E-state index contributed by atoms with van der Waals surface area (Å²) in [5.41, 5.74) is 6.81. The van der Waals surface area contributed by atoms with Gasteiger partial charge in [-0.15, -0.1) is 0 Å². The molecule has 3 nitrogen and oxygen atoms in total. The van der Waals surface area contributed by atoms with Crippen LogP contribution in [0.2, 0.25) is 5.02 Å². The van der Waals surface area contributed by atoms with E-state index in [4.69, 9.17) is 17.3 Å². The van der Waals surface area contributed by atoms with Gasteiger partial charge < -0.3 is 10.7 Å². The Morgan fingerprint density at radius 3 is 2.94 bits per heavy atom. The van der Waals surface area contributed by atoms with E-state index in [-0.39, 0.29) is 11.1 Å². The summed E-state index contributed by atoms with van der Waals surface area (Å²) in [6, 6.07) is 4.35. The van der Waals surface area contributed by atoms with E-state index in [0.717, 1.165) is 5.56 Å². The standard InChI is InChI=1S/C11H11ClFN3/c12-8-5-7(1-2-9(8)13)6-10(14)11-15-3-4-16-11/h1-5,10H,6,14H2,(H,15,16). The maximum Gasteiger partial charge on any atom is 0.141 e. The van der Waals surface area contributed by atoms with E-state index in [1.54, 1.807) is 24.5 Å². The van der Waals surface area contributed by atoms with Gasteiger partial charge in [0.05, 0.1) is 11.1 Å². The quantitative estimate of drug-likeness (QED) is 0.865. The highest BCUT2D eigenvalue weighted by molar-refractivity contribution is 6.30. The van der Waals surface area contributed by atoms with E-state index in [9.17, 15) is 4.39 Å². The lowest BCUT2D eigenvalue weighted by Crippen LogP contribution is -2.14. The monoisotopic (exact) mass is 239 g/mol. The van der Waals surface area contributed by atoms with Crippen molar-refractivity contribution in [2.24, 2.45) is 5.73 Å². The van der Waals surface area contributed by atoms with Crippen LogP contribution in [0.4, 0.5) is 4.39 Å². The maximum absolute atomic E-state index is 12.9. The summed E-state index contributed by atoms with van der Waals surface area (Å²) < 4.78 is 12.9. The predicted molar refractivity (Wildman–Crippen MR) is 60.6 cm³/mol. The van der Waals surface area contributed by atoms with Crippen LogP contribution in [0.5, 0.6) is 0 Å². The van der Waals surface area contributed by atoms with Gasteiger partial charge in [0.2, 0.25) is 0 Å². The summed E-state index contributed by atoms with van der Waals surface area (Å²) in [5.74, 6) is 0.289. The molecule has 1 heterocycles. The van der Waals surface area contributed by atoms with E-state index >= 15 is 0 Å².